The maximum Gasteiger partial charge on any atom is 0.238 e. The normalized spacial score (nSPS) is 14.6. The van der Waals surface area contributed by atoms with Crippen molar-refractivity contribution < 1.29 is 4.79 Å². The van der Waals surface area contributed by atoms with Gasteiger partial charge in [0.2, 0.25) is 5.91 Å². The van der Waals surface area contributed by atoms with E-state index in [0.29, 0.717) is 28.0 Å². The Morgan fingerprint density at radius 3 is 2.70 bits per heavy atom. The summed E-state index contributed by atoms with van der Waals surface area (Å²) in [5.41, 5.74) is 6.64. The van der Waals surface area contributed by atoms with E-state index in [1.807, 2.05) is 0 Å². The third-order valence-electron chi connectivity index (χ3n) is 3.38. The van der Waals surface area contributed by atoms with Gasteiger partial charge in [-0.2, -0.15) is 0 Å². The minimum absolute atomic E-state index is 0.108. The lowest BCUT2D eigenvalue weighted by Crippen LogP contribution is -2.34. The van der Waals surface area contributed by atoms with Crippen molar-refractivity contribution >= 4 is 40.5 Å². The van der Waals surface area contributed by atoms with E-state index in [2.05, 4.69) is 17.1 Å². The third kappa shape index (κ3) is 4.27. The van der Waals surface area contributed by atoms with Crippen molar-refractivity contribution in [2.75, 3.05) is 30.7 Å². The smallest absolute Gasteiger partial charge is 0.238 e. The number of anilines is 2. The fourth-order valence-electron chi connectivity index (χ4n) is 2.08. The Balaban J connectivity index is 1.96. The highest BCUT2D eigenvalue weighted by molar-refractivity contribution is 6.37. The summed E-state index contributed by atoms with van der Waals surface area (Å²) in [6.07, 6.45) is 2.54. The van der Waals surface area contributed by atoms with E-state index in [0.717, 1.165) is 19.0 Å². The number of hydrogen-bond acceptors (Lipinski definition) is 3. The van der Waals surface area contributed by atoms with Gasteiger partial charge in [-0.3, -0.25) is 9.69 Å². The van der Waals surface area contributed by atoms with Crippen LogP contribution in [0.4, 0.5) is 11.4 Å². The summed E-state index contributed by atoms with van der Waals surface area (Å²) in [5.74, 6) is 0.648. The number of nitrogens with one attached hydrogen (secondary N) is 1. The van der Waals surface area contributed by atoms with Gasteiger partial charge in [-0.05, 0) is 37.4 Å². The number of nitrogens with zero attached hydrogens (tertiary/aromatic N) is 1. The van der Waals surface area contributed by atoms with Crippen molar-refractivity contribution in [3.05, 3.63) is 22.2 Å². The van der Waals surface area contributed by atoms with E-state index in [-0.39, 0.29) is 5.91 Å². The van der Waals surface area contributed by atoms with Gasteiger partial charge in [0.15, 0.2) is 0 Å². The summed E-state index contributed by atoms with van der Waals surface area (Å²) in [6.45, 7) is 4.24. The van der Waals surface area contributed by atoms with Crippen LogP contribution in [-0.4, -0.2) is 30.4 Å². The summed E-state index contributed by atoms with van der Waals surface area (Å²) < 4.78 is 0. The van der Waals surface area contributed by atoms with Crippen molar-refractivity contribution in [1.82, 2.24) is 4.90 Å². The average molecular weight is 316 g/mol. The molecule has 1 aliphatic carbocycles. The Kier molecular flexibility index (Phi) is 5.13. The predicted molar refractivity (Wildman–Crippen MR) is 84.3 cm³/mol. The molecule has 20 heavy (non-hydrogen) atoms. The minimum Gasteiger partial charge on any atom is -0.397 e. The molecule has 0 saturated heterocycles. The second-order valence-corrected chi connectivity index (χ2v) is 6.01. The molecule has 0 aromatic heterocycles. The van der Waals surface area contributed by atoms with Crippen LogP contribution in [-0.2, 0) is 4.79 Å². The Labute approximate surface area is 129 Å². The topological polar surface area (TPSA) is 58.4 Å². The summed E-state index contributed by atoms with van der Waals surface area (Å²) in [7, 11) is 0. The minimum atomic E-state index is -0.108. The summed E-state index contributed by atoms with van der Waals surface area (Å²) >= 11 is 11.9. The standard InChI is InChI=1S/C14H19Cl2N3O/c1-2-19(7-9-3-4-9)8-13(20)18-14-11(16)5-10(15)6-12(14)17/h5-6,9H,2-4,7-8,17H2,1H3,(H,18,20). The Morgan fingerprint density at radius 1 is 1.45 bits per heavy atom. The molecule has 0 heterocycles. The van der Waals surface area contributed by atoms with Crippen LogP contribution in [0.1, 0.15) is 19.8 Å². The fourth-order valence-corrected chi connectivity index (χ4v) is 2.63. The molecule has 1 aromatic carbocycles. The van der Waals surface area contributed by atoms with Gasteiger partial charge < -0.3 is 11.1 Å². The average Bonchev–Trinajstić information content (AvgIpc) is 3.17. The first-order chi connectivity index (χ1) is 9.49. The monoisotopic (exact) mass is 315 g/mol. The number of hydrogen-bond donors (Lipinski definition) is 2. The molecular weight excluding hydrogens is 297 g/mol. The van der Waals surface area contributed by atoms with Crippen molar-refractivity contribution in [2.24, 2.45) is 5.92 Å². The molecule has 1 fully saturated rings. The van der Waals surface area contributed by atoms with E-state index in [9.17, 15) is 4.79 Å². The molecule has 2 rings (SSSR count). The molecule has 0 aliphatic heterocycles. The summed E-state index contributed by atoms with van der Waals surface area (Å²) in [6, 6.07) is 3.14. The molecule has 0 spiro atoms. The number of carbonyl (C=O) groups is 1. The first-order valence-corrected chi connectivity index (χ1v) is 7.52. The molecule has 0 radical (unpaired) electrons. The van der Waals surface area contributed by atoms with Gasteiger partial charge in [0.1, 0.15) is 0 Å². The number of likely N-dealkylation sites (N-methyl/N-ethyl adjacent to an activating group) is 1. The van der Waals surface area contributed by atoms with E-state index in [1.54, 1.807) is 12.1 Å². The number of nitrogens with two attached hydrogens (primary N) is 1. The molecule has 1 aromatic rings. The molecular formula is C14H19Cl2N3O. The zero-order valence-corrected chi connectivity index (χ0v) is 13.0. The Hall–Kier alpha value is -0.970. The van der Waals surface area contributed by atoms with Crippen LogP contribution in [0.15, 0.2) is 12.1 Å². The van der Waals surface area contributed by atoms with Crippen LogP contribution in [0.2, 0.25) is 10.0 Å². The van der Waals surface area contributed by atoms with Crippen molar-refractivity contribution in [3.63, 3.8) is 0 Å². The molecule has 0 unspecified atom stereocenters. The highest BCUT2D eigenvalue weighted by Crippen LogP contribution is 2.32. The van der Waals surface area contributed by atoms with E-state index < -0.39 is 0 Å². The van der Waals surface area contributed by atoms with Gasteiger partial charge in [-0.15, -0.1) is 0 Å². The number of nitrogen functional groups attached to an aromatic ring is 1. The van der Waals surface area contributed by atoms with Gasteiger partial charge in [0.05, 0.1) is 22.9 Å². The molecule has 1 amide bonds. The van der Waals surface area contributed by atoms with Gasteiger partial charge in [0.25, 0.3) is 0 Å². The van der Waals surface area contributed by atoms with Crippen molar-refractivity contribution in [2.45, 2.75) is 19.8 Å². The van der Waals surface area contributed by atoms with Gasteiger partial charge in [0, 0.05) is 11.6 Å². The molecule has 110 valence electrons. The van der Waals surface area contributed by atoms with Crippen molar-refractivity contribution in [3.8, 4) is 0 Å². The lowest BCUT2D eigenvalue weighted by atomic mass is 10.2. The van der Waals surface area contributed by atoms with Crippen LogP contribution in [0, 0.1) is 5.92 Å². The third-order valence-corrected chi connectivity index (χ3v) is 3.89. The van der Waals surface area contributed by atoms with Crippen LogP contribution < -0.4 is 11.1 Å². The first-order valence-electron chi connectivity index (χ1n) is 6.76. The van der Waals surface area contributed by atoms with Crippen molar-refractivity contribution in [1.29, 1.82) is 0 Å². The maximum atomic E-state index is 12.1. The highest BCUT2D eigenvalue weighted by atomic mass is 35.5. The second kappa shape index (κ2) is 6.66. The van der Waals surface area contributed by atoms with E-state index in [4.69, 9.17) is 28.9 Å². The lowest BCUT2D eigenvalue weighted by molar-refractivity contribution is -0.117. The summed E-state index contributed by atoms with van der Waals surface area (Å²) in [4.78, 5) is 14.2. The number of amides is 1. The molecule has 4 nitrogen and oxygen atoms in total. The molecule has 1 saturated carbocycles. The fraction of sp³-hybridized carbons (Fsp3) is 0.500. The molecule has 3 N–H and O–H groups in total. The zero-order chi connectivity index (χ0) is 14.7. The van der Waals surface area contributed by atoms with Crippen LogP contribution >= 0.6 is 23.2 Å². The number of rotatable bonds is 6. The van der Waals surface area contributed by atoms with E-state index >= 15 is 0 Å². The molecule has 0 atom stereocenters. The maximum absolute atomic E-state index is 12.1. The largest absolute Gasteiger partial charge is 0.397 e. The first kappa shape index (κ1) is 15.4. The highest BCUT2D eigenvalue weighted by Gasteiger charge is 2.24. The predicted octanol–water partition coefficient (Wildman–Crippen LogP) is 3.25. The zero-order valence-electron chi connectivity index (χ0n) is 11.5. The van der Waals surface area contributed by atoms with Gasteiger partial charge >= 0.3 is 0 Å². The molecule has 6 heteroatoms. The van der Waals surface area contributed by atoms with E-state index in [1.165, 1.54) is 12.8 Å². The van der Waals surface area contributed by atoms with Gasteiger partial charge in [-0.1, -0.05) is 30.1 Å². The SMILES string of the molecule is CCN(CC(=O)Nc1c(N)cc(Cl)cc1Cl)CC1CC1. The van der Waals surface area contributed by atoms with Gasteiger partial charge in [-0.25, -0.2) is 0 Å². The second-order valence-electron chi connectivity index (χ2n) is 5.17. The van der Waals surface area contributed by atoms with Crippen LogP contribution in [0.25, 0.3) is 0 Å². The molecule has 0 bridgehead atoms. The number of carbonyl (C=O) groups excluding carboxylic acids is 1. The number of benzene rings is 1. The molecule has 1 aliphatic rings. The Bertz CT molecular complexity index is 480. The Morgan fingerprint density at radius 2 is 2.15 bits per heavy atom. The lowest BCUT2D eigenvalue weighted by Gasteiger charge is -2.20. The number of halogens is 2. The van der Waals surface area contributed by atoms with Crippen LogP contribution in [0.5, 0.6) is 0 Å². The summed E-state index contributed by atoms with van der Waals surface area (Å²) in [5, 5.41) is 3.58. The quantitative estimate of drug-likeness (QED) is 0.792. The van der Waals surface area contributed by atoms with Crippen LogP contribution in [0.3, 0.4) is 0 Å².